The van der Waals surface area contributed by atoms with Crippen LogP contribution in [-0.4, -0.2) is 39.0 Å². The molecule has 1 aromatic rings. The Balaban J connectivity index is 1.77. The molecule has 1 saturated heterocycles. The number of rotatable bonds is 7. The third kappa shape index (κ3) is 4.75. The van der Waals surface area contributed by atoms with Crippen LogP contribution in [0.4, 0.5) is 0 Å². The van der Waals surface area contributed by atoms with Gasteiger partial charge in [-0.15, -0.1) is 11.3 Å². The lowest BCUT2D eigenvalue weighted by Crippen LogP contribution is -2.39. The lowest BCUT2D eigenvalue weighted by molar-refractivity contribution is 0.159. The van der Waals surface area contributed by atoms with Gasteiger partial charge in [0.05, 0.1) is 0 Å². The average molecular weight is 332 g/mol. The van der Waals surface area contributed by atoms with E-state index in [4.69, 9.17) is 5.73 Å². The van der Waals surface area contributed by atoms with Crippen molar-refractivity contribution >= 4 is 21.4 Å². The minimum Gasteiger partial charge on any atom is -0.326 e. The van der Waals surface area contributed by atoms with Crippen LogP contribution in [0.25, 0.3) is 0 Å². The summed E-state index contributed by atoms with van der Waals surface area (Å²) in [6.07, 6.45) is 4.67. The summed E-state index contributed by atoms with van der Waals surface area (Å²) < 4.78 is 27.3. The lowest BCUT2D eigenvalue weighted by Gasteiger charge is -2.33. The van der Waals surface area contributed by atoms with Crippen LogP contribution in [0.3, 0.4) is 0 Å². The summed E-state index contributed by atoms with van der Waals surface area (Å²) in [6.45, 7) is 5.22. The predicted octanol–water partition coefficient (Wildman–Crippen LogP) is 1.75. The van der Waals surface area contributed by atoms with Crippen LogP contribution in [0, 0.1) is 0 Å². The van der Waals surface area contributed by atoms with Crippen molar-refractivity contribution in [1.29, 1.82) is 0 Å². The van der Waals surface area contributed by atoms with E-state index in [0.29, 0.717) is 23.3 Å². The van der Waals surface area contributed by atoms with Gasteiger partial charge in [0.15, 0.2) is 0 Å². The molecule has 3 N–H and O–H groups in total. The summed E-state index contributed by atoms with van der Waals surface area (Å²) in [5, 5.41) is 0. The van der Waals surface area contributed by atoms with Gasteiger partial charge < -0.3 is 10.6 Å². The minimum absolute atomic E-state index is 0.356. The number of nitrogens with zero attached hydrogens (tertiary/aromatic N) is 1. The fourth-order valence-electron chi connectivity index (χ4n) is 2.66. The highest BCUT2D eigenvalue weighted by atomic mass is 32.2. The van der Waals surface area contributed by atoms with E-state index >= 15 is 0 Å². The zero-order valence-corrected chi connectivity index (χ0v) is 14.2. The van der Waals surface area contributed by atoms with Crippen LogP contribution in [0.1, 0.15) is 37.5 Å². The second kappa shape index (κ2) is 7.69. The normalized spacial score (nSPS) is 20.8. The Kier molecular flexibility index (Phi) is 6.19. The van der Waals surface area contributed by atoms with Crippen LogP contribution in [0.15, 0.2) is 16.3 Å². The van der Waals surface area contributed by atoms with Crippen molar-refractivity contribution in [3.05, 3.63) is 17.0 Å². The molecule has 2 rings (SSSR count). The third-order valence-corrected chi connectivity index (χ3v) is 7.02. The van der Waals surface area contributed by atoms with Crippen molar-refractivity contribution in [2.75, 3.05) is 19.6 Å². The van der Waals surface area contributed by atoms with Crippen molar-refractivity contribution in [2.45, 2.75) is 49.4 Å². The fraction of sp³-hybridized carbons (Fsp3) is 0.714. The molecule has 120 valence electrons. The standard InChI is InChI=1S/C14H25N3O2S2/c1-12-5-2-3-9-17(12)10-4-8-16-21(18,19)14-7-6-13(11-15)20-14/h6-7,12,16H,2-5,8-11,15H2,1H3. The molecule has 1 fully saturated rings. The summed E-state index contributed by atoms with van der Waals surface area (Å²) in [5.74, 6) is 0. The molecular weight excluding hydrogens is 306 g/mol. The minimum atomic E-state index is -3.37. The fourth-order valence-corrected chi connectivity index (χ4v) is 5.02. The van der Waals surface area contributed by atoms with Crippen molar-refractivity contribution < 1.29 is 8.42 Å². The van der Waals surface area contributed by atoms with Gasteiger partial charge in [-0.1, -0.05) is 6.42 Å². The van der Waals surface area contributed by atoms with Crippen molar-refractivity contribution in [2.24, 2.45) is 5.73 Å². The van der Waals surface area contributed by atoms with Gasteiger partial charge in [-0.25, -0.2) is 13.1 Å². The quantitative estimate of drug-likeness (QED) is 0.747. The number of likely N-dealkylation sites (tertiary alicyclic amines) is 1. The number of nitrogens with one attached hydrogen (secondary N) is 1. The van der Waals surface area contributed by atoms with Gasteiger partial charge in [0.2, 0.25) is 10.0 Å². The summed E-state index contributed by atoms with van der Waals surface area (Å²) in [4.78, 5) is 3.34. The van der Waals surface area contributed by atoms with E-state index in [1.165, 1.54) is 30.6 Å². The van der Waals surface area contributed by atoms with Crippen LogP contribution in [0.5, 0.6) is 0 Å². The molecule has 0 saturated carbocycles. The van der Waals surface area contributed by atoms with Crippen molar-refractivity contribution in [3.63, 3.8) is 0 Å². The maximum absolute atomic E-state index is 12.1. The van der Waals surface area contributed by atoms with Crippen molar-refractivity contribution in [3.8, 4) is 0 Å². The van der Waals surface area contributed by atoms with Crippen molar-refractivity contribution in [1.82, 2.24) is 9.62 Å². The van der Waals surface area contributed by atoms with Gasteiger partial charge in [-0.2, -0.15) is 0 Å². The second-order valence-electron chi connectivity index (χ2n) is 5.56. The van der Waals surface area contributed by atoms with E-state index in [2.05, 4.69) is 16.5 Å². The first kappa shape index (κ1) is 16.9. The molecule has 1 aliphatic heterocycles. The lowest BCUT2D eigenvalue weighted by atomic mass is 10.0. The maximum Gasteiger partial charge on any atom is 0.250 e. The van der Waals surface area contributed by atoms with E-state index in [0.717, 1.165) is 24.4 Å². The highest BCUT2D eigenvalue weighted by Crippen LogP contribution is 2.21. The molecule has 0 bridgehead atoms. The molecule has 0 aromatic carbocycles. The second-order valence-corrected chi connectivity index (χ2v) is 8.72. The summed E-state index contributed by atoms with van der Waals surface area (Å²) >= 11 is 1.24. The average Bonchev–Trinajstić information content (AvgIpc) is 2.95. The Hall–Kier alpha value is -0.470. The number of sulfonamides is 1. The molecule has 0 radical (unpaired) electrons. The van der Waals surface area contributed by atoms with Gasteiger partial charge in [0.1, 0.15) is 4.21 Å². The first-order valence-corrected chi connectivity index (χ1v) is 9.85. The molecule has 21 heavy (non-hydrogen) atoms. The molecule has 1 unspecified atom stereocenters. The highest BCUT2D eigenvalue weighted by Gasteiger charge is 2.19. The summed E-state index contributed by atoms with van der Waals surface area (Å²) in [7, 11) is -3.37. The SMILES string of the molecule is CC1CCCCN1CCCNS(=O)(=O)c1ccc(CN)s1. The number of hydrogen-bond acceptors (Lipinski definition) is 5. The Labute approximate surface area is 131 Å². The topological polar surface area (TPSA) is 75.4 Å². The molecule has 2 heterocycles. The van der Waals surface area contributed by atoms with Crippen LogP contribution in [0.2, 0.25) is 0 Å². The molecule has 0 amide bonds. The zero-order valence-electron chi connectivity index (χ0n) is 12.5. The zero-order chi connectivity index (χ0) is 15.3. The smallest absolute Gasteiger partial charge is 0.250 e. The van der Waals surface area contributed by atoms with Gasteiger partial charge in [0, 0.05) is 24.0 Å². The van der Waals surface area contributed by atoms with E-state index < -0.39 is 10.0 Å². The van der Waals surface area contributed by atoms with Gasteiger partial charge in [-0.05, 0) is 51.4 Å². The Morgan fingerprint density at radius 1 is 1.43 bits per heavy atom. The van der Waals surface area contributed by atoms with Gasteiger partial charge in [0.25, 0.3) is 0 Å². The molecule has 1 aliphatic rings. The number of hydrogen-bond donors (Lipinski definition) is 2. The number of thiophene rings is 1. The molecule has 0 aliphatic carbocycles. The Morgan fingerprint density at radius 2 is 2.24 bits per heavy atom. The monoisotopic (exact) mass is 331 g/mol. The summed E-state index contributed by atoms with van der Waals surface area (Å²) in [5.41, 5.74) is 5.51. The Bertz CT molecular complexity index is 542. The van der Waals surface area contributed by atoms with E-state index in [1.54, 1.807) is 12.1 Å². The summed E-state index contributed by atoms with van der Waals surface area (Å²) in [6, 6.07) is 4.02. The largest absolute Gasteiger partial charge is 0.326 e. The number of piperidine rings is 1. The highest BCUT2D eigenvalue weighted by molar-refractivity contribution is 7.91. The van der Waals surface area contributed by atoms with Crippen LogP contribution in [-0.2, 0) is 16.6 Å². The molecule has 7 heteroatoms. The molecule has 1 aromatic heterocycles. The van der Waals surface area contributed by atoms with Crippen LogP contribution >= 0.6 is 11.3 Å². The number of nitrogens with two attached hydrogens (primary N) is 1. The first-order chi connectivity index (χ1) is 10.0. The Morgan fingerprint density at radius 3 is 2.90 bits per heavy atom. The molecule has 5 nitrogen and oxygen atoms in total. The van der Waals surface area contributed by atoms with E-state index in [9.17, 15) is 8.42 Å². The van der Waals surface area contributed by atoms with E-state index in [-0.39, 0.29) is 0 Å². The third-order valence-electron chi connectivity index (χ3n) is 3.96. The maximum atomic E-state index is 12.1. The van der Waals surface area contributed by atoms with Gasteiger partial charge in [-0.3, -0.25) is 0 Å². The van der Waals surface area contributed by atoms with E-state index in [1.807, 2.05) is 0 Å². The predicted molar refractivity (Wildman–Crippen MR) is 86.9 cm³/mol. The molecule has 0 spiro atoms. The molecule has 1 atom stereocenters. The van der Waals surface area contributed by atoms with Crippen LogP contribution < -0.4 is 10.5 Å². The molecular formula is C14H25N3O2S2. The first-order valence-electron chi connectivity index (χ1n) is 7.55. The van der Waals surface area contributed by atoms with Gasteiger partial charge >= 0.3 is 0 Å².